The number of benzene rings is 1. The topological polar surface area (TPSA) is 4.93 Å². The maximum atomic E-state index is 5.98. The van der Waals surface area contributed by atoms with Gasteiger partial charge in [-0.05, 0) is 43.2 Å². The molecule has 22 heavy (non-hydrogen) atoms. The van der Waals surface area contributed by atoms with Gasteiger partial charge in [0.15, 0.2) is 0 Å². The third kappa shape index (κ3) is 2.53. The van der Waals surface area contributed by atoms with Gasteiger partial charge in [-0.25, -0.2) is 0 Å². The average molecular weight is 328 g/mol. The zero-order chi connectivity index (χ0) is 15.9. The van der Waals surface area contributed by atoms with Gasteiger partial charge in [-0.3, -0.25) is 0 Å². The van der Waals surface area contributed by atoms with Gasteiger partial charge in [0.2, 0.25) is 0 Å². The van der Waals surface area contributed by atoms with Gasteiger partial charge in [0.25, 0.3) is 0 Å². The van der Waals surface area contributed by atoms with Gasteiger partial charge in [0.05, 0.1) is 10.2 Å². The smallest absolute Gasteiger partial charge is 0.0605 e. The zero-order valence-corrected chi connectivity index (χ0v) is 14.4. The average Bonchev–Trinajstić information content (AvgIpc) is 2.97. The molecule has 0 unspecified atom stereocenters. The fourth-order valence-corrected chi connectivity index (χ4v) is 4.09. The minimum absolute atomic E-state index is 0.769. The number of allylic oxidation sites excluding steroid dienone is 2. The number of rotatable bonds is 4. The molecule has 0 saturated heterocycles. The number of thiophene rings is 1. The molecule has 0 atom stereocenters. The van der Waals surface area contributed by atoms with Crippen molar-refractivity contribution in [1.82, 2.24) is 4.57 Å². The molecule has 1 nitrogen and oxygen atoms in total. The lowest BCUT2D eigenvalue weighted by atomic mass is 10.1. The molecule has 0 aliphatic rings. The molecule has 1 aromatic carbocycles. The second kappa shape index (κ2) is 5.79. The van der Waals surface area contributed by atoms with Gasteiger partial charge < -0.3 is 4.57 Å². The molecule has 0 amide bonds. The Morgan fingerprint density at radius 3 is 2.59 bits per heavy atom. The largest absolute Gasteiger partial charge is 0.339 e. The van der Waals surface area contributed by atoms with Crippen LogP contribution >= 0.6 is 22.9 Å². The quantitative estimate of drug-likeness (QED) is 0.501. The summed E-state index contributed by atoms with van der Waals surface area (Å²) in [5.41, 5.74) is 5.95. The molecule has 0 aliphatic heterocycles. The number of nitrogens with zero attached hydrogens (tertiary/aromatic N) is 1. The fourth-order valence-electron chi connectivity index (χ4n) is 2.82. The lowest BCUT2D eigenvalue weighted by Gasteiger charge is -2.09. The normalized spacial score (nSPS) is 11.0. The zero-order valence-electron chi connectivity index (χ0n) is 12.8. The number of hydrogen-bond donors (Lipinski definition) is 0. The Kier molecular flexibility index (Phi) is 3.98. The van der Waals surface area contributed by atoms with E-state index in [-0.39, 0.29) is 0 Å². The van der Waals surface area contributed by atoms with Gasteiger partial charge in [-0.2, -0.15) is 0 Å². The minimum atomic E-state index is 0.769. The summed E-state index contributed by atoms with van der Waals surface area (Å²) in [5.74, 6) is 0. The number of hydrogen-bond acceptors (Lipinski definition) is 1. The van der Waals surface area contributed by atoms with E-state index in [9.17, 15) is 0 Å². The number of halogens is 1. The monoisotopic (exact) mass is 327 g/mol. The summed E-state index contributed by atoms with van der Waals surface area (Å²) in [6.45, 7) is 13.2. The summed E-state index contributed by atoms with van der Waals surface area (Å²) in [5, 5.41) is 0.769. The van der Waals surface area contributed by atoms with Gasteiger partial charge in [-0.15, -0.1) is 11.3 Å². The molecular weight excluding hydrogens is 310 g/mol. The molecule has 0 saturated carbocycles. The first kappa shape index (κ1) is 15.1. The van der Waals surface area contributed by atoms with Crippen LogP contribution in [0.1, 0.15) is 21.7 Å². The molecule has 0 spiro atoms. The molecule has 3 aromatic rings. The fraction of sp³-hybridized carbons (Fsp3) is 0.158. The van der Waals surface area contributed by atoms with Crippen molar-refractivity contribution in [2.24, 2.45) is 0 Å². The first-order valence-corrected chi connectivity index (χ1v) is 8.36. The molecule has 0 aliphatic carbocycles. The molecule has 0 fully saturated rings. The highest BCUT2D eigenvalue weighted by molar-refractivity contribution is 7.19. The number of fused-ring (bicyclic) bond motifs is 1. The molecule has 2 aromatic heterocycles. The Hall–Kier alpha value is -1.77. The first-order valence-electron chi connectivity index (χ1n) is 7.16. The summed E-state index contributed by atoms with van der Waals surface area (Å²) in [6.07, 6.45) is 1.84. The van der Waals surface area contributed by atoms with E-state index in [4.69, 9.17) is 11.6 Å². The molecule has 0 radical (unpaired) electrons. The Morgan fingerprint density at radius 1 is 1.27 bits per heavy atom. The summed E-state index contributed by atoms with van der Waals surface area (Å²) < 4.78 is 3.65. The molecule has 3 rings (SSSR count). The van der Waals surface area contributed by atoms with Crippen LogP contribution in [0.5, 0.6) is 0 Å². The highest BCUT2D eigenvalue weighted by atomic mass is 35.5. The van der Waals surface area contributed by atoms with E-state index >= 15 is 0 Å². The van der Waals surface area contributed by atoms with Crippen molar-refractivity contribution in [2.75, 3.05) is 0 Å². The van der Waals surface area contributed by atoms with E-state index in [0.717, 1.165) is 17.1 Å². The maximum Gasteiger partial charge on any atom is 0.0605 e. The molecular formula is C19H18ClNS. The molecule has 3 heteroatoms. The van der Waals surface area contributed by atoms with Crippen LogP contribution < -0.4 is 0 Å². The lowest BCUT2D eigenvalue weighted by molar-refractivity contribution is 0.804. The molecule has 0 N–H and O–H groups in total. The highest BCUT2D eigenvalue weighted by Gasteiger charge is 2.17. The summed E-state index contributed by atoms with van der Waals surface area (Å²) >= 11 is 7.80. The maximum absolute atomic E-state index is 5.98. The third-order valence-corrected chi connectivity index (χ3v) is 5.25. The number of aromatic nitrogens is 1. The molecule has 2 heterocycles. The standard InChI is InChI=1S/C19H18ClNS/c1-5-12(2)18-14(4)21(17-10-13(3)22-19(17)18)11-15-6-8-16(20)9-7-15/h5-10H,1-2,11H2,3-4H3. The van der Waals surface area contributed by atoms with Crippen LogP contribution in [0, 0.1) is 13.8 Å². The van der Waals surface area contributed by atoms with Crippen molar-refractivity contribution in [3.63, 3.8) is 0 Å². The summed E-state index contributed by atoms with van der Waals surface area (Å²) in [6, 6.07) is 10.3. The Balaban J connectivity index is 2.16. The predicted molar refractivity (Wildman–Crippen MR) is 99.1 cm³/mol. The van der Waals surface area contributed by atoms with Crippen LogP contribution in [0.2, 0.25) is 5.02 Å². The van der Waals surface area contributed by atoms with Gasteiger partial charge in [0, 0.05) is 27.7 Å². The Labute approximate surface area is 140 Å². The van der Waals surface area contributed by atoms with Gasteiger partial charge in [-0.1, -0.05) is 43.0 Å². The van der Waals surface area contributed by atoms with Gasteiger partial charge >= 0.3 is 0 Å². The second-order valence-electron chi connectivity index (χ2n) is 5.47. The van der Waals surface area contributed by atoms with Crippen LogP contribution in [0.3, 0.4) is 0 Å². The highest BCUT2D eigenvalue weighted by Crippen LogP contribution is 2.37. The third-order valence-electron chi connectivity index (χ3n) is 3.94. The molecule has 112 valence electrons. The van der Waals surface area contributed by atoms with Crippen molar-refractivity contribution in [3.8, 4) is 0 Å². The van der Waals surface area contributed by atoms with E-state index in [1.807, 2.05) is 29.5 Å². The Bertz CT molecular complexity index is 865. The lowest BCUT2D eigenvalue weighted by Crippen LogP contribution is -2.02. The van der Waals surface area contributed by atoms with Crippen molar-refractivity contribution < 1.29 is 0 Å². The minimum Gasteiger partial charge on any atom is -0.339 e. The SMILES string of the molecule is C=CC(=C)c1c(C)n(Cc2ccc(Cl)cc2)c2cc(C)sc12. The predicted octanol–water partition coefficient (Wildman–Crippen LogP) is 6.22. The van der Waals surface area contributed by atoms with E-state index < -0.39 is 0 Å². The number of aryl methyl sites for hydroxylation is 1. The van der Waals surface area contributed by atoms with E-state index in [1.165, 1.54) is 31.9 Å². The van der Waals surface area contributed by atoms with Crippen LogP contribution in [0.25, 0.3) is 15.8 Å². The van der Waals surface area contributed by atoms with E-state index in [2.05, 4.69) is 49.8 Å². The van der Waals surface area contributed by atoms with Crippen molar-refractivity contribution in [2.45, 2.75) is 20.4 Å². The van der Waals surface area contributed by atoms with Gasteiger partial charge in [0.1, 0.15) is 0 Å². The van der Waals surface area contributed by atoms with Crippen molar-refractivity contribution >= 4 is 38.7 Å². The van der Waals surface area contributed by atoms with Crippen LogP contribution in [0.4, 0.5) is 0 Å². The van der Waals surface area contributed by atoms with Crippen molar-refractivity contribution in [1.29, 1.82) is 0 Å². The first-order chi connectivity index (χ1) is 10.5. The van der Waals surface area contributed by atoms with E-state index in [0.29, 0.717) is 0 Å². The van der Waals surface area contributed by atoms with Crippen molar-refractivity contribution in [3.05, 3.63) is 76.3 Å². The Morgan fingerprint density at radius 2 is 1.95 bits per heavy atom. The van der Waals surface area contributed by atoms with Crippen LogP contribution in [0.15, 0.2) is 49.6 Å². The second-order valence-corrected chi connectivity index (χ2v) is 7.17. The van der Waals surface area contributed by atoms with Crippen LogP contribution in [-0.4, -0.2) is 4.57 Å². The van der Waals surface area contributed by atoms with Crippen LogP contribution in [-0.2, 0) is 6.54 Å². The summed E-state index contributed by atoms with van der Waals surface area (Å²) in [7, 11) is 0. The summed E-state index contributed by atoms with van der Waals surface area (Å²) in [4.78, 5) is 1.31. The molecule has 0 bridgehead atoms. The van der Waals surface area contributed by atoms with E-state index in [1.54, 1.807) is 0 Å².